The van der Waals surface area contributed by atoms with Crippen molar-refractivity contribution in [1.29, 1.82) is 0 Å². The number of phenols is 2. The number of aromatic nitrogens is 3. The lowest BCUT2D eigenvalue weighted by Crippen LogP contribution is -2.19. The van der Waals surface area contributed by atoms with E-state index in [1.165, 1.54) is 17.9 Å². The molecule has 4 rings (SSSR count). The Bertz CT molecular complexity index is 1360. The smallest absolute Gasteiger partial charge is 0.381 e. The van der Waals surface area contributed by atoms with E-state index in [-0.39, 0.29) is 34.5 Å². The summed E-state index contributed by atoms with van der Waals surface area (Å²) < 4.78 is 34.3. The minimum atomic E-state index is -4.40. The van der Waals surface area contributed by atoms with Crippen LogP contribution in [0.15, 0.2) is 54.6 Å². The standard InChI is InChI=1S/C19H16N4O6S/c1-28-17-9-14(15(24)10-16(17)25)23-18(19(21-22-23)29-30(20,26)27)13-8-4-6-11-5-2-3-7-12(11)13/h2-10,24-25H,1H3,(H2,20,26,27). The van der Waals surface area contributed by atoms with Gasteiger partial charge in [0.15, 0.2) is 11.5 Å². The van der Waals surface area contributed by atoms with E-state index in [0.717, 1.165) is 16.8 Å². The highest BCUT2D eigenvalue weighted by atomic mass is 32.2. The van der Waals surface area contributed by atoms with Gasteiger partial charge in [0.05, 0.1) is 7.11 Å². The van der Waals surface area contributed by atoms with E-state index in [1.807, 2.05) is 30.3 Å². The summed E-state index contributed by atoms with van der Waals surface area (Å²) in [7, 11) is -3.06. The number of benzene rings is 3. The Hall–Kier alpha value is -3.83. The van der Waals surface area contributed by atoms with E-state index in [1.54, 1.807) is 12.1 Å². The molecule has 0 aliphatic carbocycles. The maximum Gasteiger partial charge on any atom is 0.381 e. The summed E-state index contributed by atoms with van der Waals surface area (Å²) in [6.45, 7) is 0. The lowest BCUT2D eigenvalue weighted by atomic mass is 10.0. The van der Waals surface area contributed by atoms with Crippen molar-refractivity contribution in [1.82, 2.24) is 15.0 Å². The highest BCUT2D eigenvalue weighted by molar-refractivity contribution is 7.84. The van der Waals surface area contributed by atoms with Crippen LogP contribution < -0.4 is 14.1 Å². The molecule has 10 nitrogen and oxygen atoms in total. The number of nitrogens with two attached hydrogens (primary N) is 1. The van der Waals surface area contributed by atoms with Crippen molar-refractivity contribution in [2.45, 2.75) is 0 Å². The van der Waals surface area contributed by atoms with Gasteiger partial charge in [0.25, 0.3) is 5.88 Å². The number of hydrogen-bond donors (Lipinski definition) is 3. The predicted octanol–water partition coefficient (Wildman–Crippen LogP) is 2.09. The van der Waals surface area contributed by atoms with Gasteiger partial charge in [-0.25, -0.2) is 4.68 Å². The van der Waals surface area contributed by atoms with Gasteiger partial charge in [0.2, 0.25) is 0 Å². The predicted molar refractivity (Wildman–Crippen MR) is 108 cm³/mol. The van der Waals surface area contributed by atoms with Gasteiger partial charge in [0, 0.05) is 17.7 Å². The van der Waals surface area contributed by atoms with Gasteiger partial charge in [-0.3, -0.25) is 0 Å². The van der Waals surface area contributed by atoms with Crippen LogP contribution in [0.25, 0.3) is 27.7 Å². The molecule has 11 heteroatoms. The average molecular weight is 428 g/mol. The van der Waals surface area contributed by atoms with Gasteiger partial charge in [-0.1, -0.05) is 52.8 Å². The van der Waals surface area contributed by atoms with Crippen LogP contribution in [0.1, 0.15) is 0 Å². The van der Waals surface area contributed by atoms with Crippen molar-refractivity contribution >= 4 is 21.1 Å². The number of aromatic hydroxyl groups is 2. The Labute approximate surface area is 171 Å². The van der Waals surface area contributed by atoms with Gasteiger partial charge in [-0.05, 0) is 10.8 Å². The van der Waals surface area contributed by atoms with Crippen molar-refractivity contribution < 1.29 is 27.6 Å². The van der Waals surface area contributed by atoms with Gasteiger partial charge >= 0.3 is 10.3 Å². The lowest BCUT2D eigenvalue weighted by Gasteiger charge is -2.13. The first kappa shape index (κ1) is 19.5. The molecule has 0 fully saturated rings. The Kier molecular flexibility index (Phi) is 4.68. The zero-order valence-corrected chi connectivity index (χ0v) is 16.4. The quantitative estimate of drug-likeness (QED) is 0.437. The largest absolute Gasteiger partial charge is 0.506 e. The Morgan fingerprint density at radius 3 is 2.50 bits per heavy atom. The number of rotatable bonds is 5. The van der Waals surface area contributed by atoms with E-state index in [0.29, 0.717) is 5.56 Å². The molecule has 1 heterocycles. The van der Waals surface area contributed by atoms with Crippen LogP contribution in [0.2, 0.25) is 0 Å². The molecular weight excluding hydrogens is 412 g/mol. The SMILES string of the molecule is COc1cc(-n2nnc(OS(N)(=O)=O)c2-c2cccc3ccccc23)c(O)cc1O. The lowest BCUT2D eigenvalue weighted by molar-refractivity contribution is 0.369. The number of phenolic OH excluding ortho intramolecular Hbond substituents is 2. The molecule has 0 bridgehead atoms. The molecule has 0 saturated heterocycles. The Balaban J connectivity index is 2.05. The maximum atomic E-state index is 11.6. The number of methoxy groups -OCH3 is 1. The average Bonchev–Trinajstić information content (AvgIpc) is 3.09. The topological polar surface area (TPSA) is 150 Å². The first-order valence-electron chi connectivity index (χ1n) is 8.55. The molecule has 3 aromatic carbocycles. The molecule has 0 amide bonds. The highest BCUT2D eigenvalue weighted by Gasteiger charge is 2.25. The molecule has 30 heavy (non-hydrogen) atoms. The molecule has 0 radical (unpaired) electrons. The fourth-order valence-corrected chi connectivity index (χ4v) is 3.48. The van der Waals surface area contributed by atoms with Crippen molar-refractivity contribution in [2.24, 2.45) is 5.14 Å². The van der Waals surface area contributed by atoms with Crippen LogP contribution in [0.5, 0.6) is 23.1 Å². The van der Waals surface area contributed by atoms with Gasteiger partial charge in [-0.15, -0.1) is 0 Å². The number of hydrogen-bond acceptors (Lipinski definition) is 8. The minimum Gasteiger partial charge on any atom is -0.506 e. The monoisotopic (exact) mass is 428 g/mol. The summed E-state index contributed by atoms with van der Waals surface area (Å²) >= 11 is 0. The first-order chi connectivity index (χ1) is 14.3. The Morgan fingerprint density at radius 2 is 1.77 bits per heavy atom. The molecule has 0 aliphatic heterocycles. The van der Waals surface area contributed by atoms with E-state index < -0.39 is 10.3 Å². The second-order valence-corrected chi connectivity index (χ2v) is 7.42. The molecule has 0 saturated carbocycles. The van der Waals surface area contributed by atoms with Crippen LogP contribution in [0.3, 0.4) is 0 Å². The van der Waals surface area contributed by atoms with E-state index in [4.69, 9.17) is 14.1 Å². The summed E-state index contributed by atoms with van der Waals surface area (Å²) in [5.41, 5.74) is 0.733. The molecular formula is C19H16N4O6S. The fraction of sp³-hybridized carbons (Fsp3) is 0.0526. The Morgan fingerprint density at radius 1 is 1.03 bits per heavy atom. The van der Waals surface area contributed by atoms with Crippen LogP contribution in [0, 0.1) is 0 Å². The third-order valence-electron chi connectivity index (χ3n) is 4.38. The van der Waals surface area contributed by atoms with Gasteiger partial charge < -0.3 is 19.1 Å². The molecule has 0 aliphatic rings. The normalized spacial score (nSPS) is 11.5. The molecule has 0 unspecified atom stereocenters. The molecule has 1 aromatic heterocycles. The summed E-state index contributed by atoms with van der Waals surface area (Å²) in [4.78, 5) is 0. The zero-order valence-electron chi connectivity index (χ0n) is 15.6. The molecule has 154 valence electrons. The third kappa shape index (κ3) is 3.47. The minimum absolute atomic E-state index is 0.0658. The van der Waals surface area contributed by atoms with Crippen LogP contribution in [-0.2, 0) is 10.3 Å². The summed E-state index contributed by atoms with van der Waals surface area (Å²) in [5, 5.41) is 34.7. The van der Waals surface area contributed by atoms with Gasteiger partial charge in [0.1, 0.15) is 17.1 Å². The molecule has 4 aromatic rings. The summed E-state index contributed by atoms with van der Waals surface area (Å²) in [5.74, 6) is -0.940. The fourth-order valence-electron chi connectivity index (χ4n) is 3.14. The zero-order chi connectivity index (χ0) is 21.5. The van der Waals surface area contributed by atoms with Crippen molar-refractivity contribution in [2.75, 3.05) is 7.11 Å². The summed E-state index contributed by atoms with van der Waals surface area (Å²) in [6, 6.07) is 15.2. The molecule has 0 spiro atoms. The molecule has 4 N–H and O–H groups in total. The molecule has 0 atom stereocenters. The maximum absolute atomic E-state index is 11.6. The second kappa shape index (κ2) is 7.21. The first-order valence-corrected chi connectivity index (χ1v) is 10.0. The van der Waals surface area contributed by atoms with Crippen molar-refractivity contribution in [3.63, 3.8) is 0 Å². The number of ether oxygens (including phenoxy) is 1. The summed E-state index contributed by atoms with van der Waals surface area (Å²) in [6.07, 6.45) is 0. The van der Waals surface area contributed by atoms with Crippen LogP contribution in [-0.4, -0.2) is 40.7 Å². The highest BCUT2D eigenvalue weighted by Crippen LogP contribution is 2.40. The van der Waals surface area contributed by atoms with Crippen LogP contribution >= 0.6 is 0 Å². The van der Waals surface area contributed by atoms with E-state index >= 15 is 0 Å². The third-order valence-corrected chi connectivity index (χ3v) is 4.77. The number of nitrogens with zero attached hydrogens (tertiary/aromatic N) is 3. The van der Waals surface area contributed by atoms with Crippen molar-refractivity contribution in [3.8, 4) is 40.1 Å². The van der Waals surface area contributed by atoms with Gasteiger partial charge in [-0.2, -0.15) is 13.6 Å². The number of fused-ring (bicyclic) bond motifs is 1. The van der Waals surface area contributed by atoms with Crippen LogP contribution in [0.4, 0.5) is 0 Å². The second-order valence-electron chi connectivity index (χ2n) is 6.27. The van der Waals surface area contributed by atoms with E-state index in [9.17, 15) is 18.6 Å². The van der Waals surface area contributed by atoms with E-state index in [2.05, 4.69) is 10.3 Å². The van der Waals surface area contributed by atoms with Crippen molar-refractivity contribution in [3.05, 3.63) is 54.6 Å².